The Bertz CT molecular complexity index is 2080. The SMILES string of the molecule is CS(=O)(=O)NCc1cc(F)cc(-c2nccc3[nH]c(-c4n[nH]c5ccc(-c6cncc(CN7CCCC7)c6)nc45)nc23)c1. The number of rotatable bonds is 8. The van der Waals surface area contributed by atoms with Crippen LogP contribution in [-0.2, 0) is 23.1 Å². The summed E-state index contributed by atoms with van der Waals surface area (Å²) >= 11 is 0. The molecule has 218 valence electrons. The van der Waals surface area contributed by atoms with Gasteiger partial charge in [-0.2, -0.15) is 5.10 Å². The molecule has 7 rings (SSSR count). The van der Waals surface area contributed by atoms with Crippen molar-refractivity contribution in [1.29, 1.82) is 0 Å². The standard InChI is InChI=1S/C30H28FN9O2S/c1-43(41,42)34-15-18-10-20(13-22(31)12-18)26-27-24(6-7-33-26)36-30(37-27)29-28-25(38-39-29)5-4-23(35-28)21-11-19(14-32-16-21)17-40-8-2-3-9-40/h4-7,10-14,16,34H,2-3,8-9,15,17H2,1H3,(H,36,37)(H,38,39). The van der Waals surface area contributed by atoms with Gasteiger partial charge in [-0.3, -0.25) is 20.0 Å². The third kappa shape index (κ3) is 5.74. The third-order valence-corrected chi connectivity index (χ3v) is 8.17. The lowest BCUT2D eigenvalue weighted by atomic mass is 10.1. The van der Waals surface area contributed by atoms with Crippen LogP contribution in [0, 0.1) is 5.82 Å². The number of benzene rings is 1. The molecule has 0 radical (unpaired) electrons. The normalized spacial score (nSPS) is 14.3. The van der Waals surface area contributed by atoms with E-state index in [4.69, 9.17) is 9.97 Å². The largest absolute Gasteiger partial charge is 0.336 e. The van der Waals surface area contributed by atoms with Gasteiger partial charge in [-0.25, -0.2) is 27.5 Å². The maximum atomic E-state index is 14.6. The number of fused-ring (bicyclic) bond motifs is 2. The number of pyridine rings is 3. The number of nitrogens with one attached hydrogen (secondary N) is 3. The lowest BCUT2D eigenvalue weighted by Gasteiger charge is -2.14. The van der Waals surface area contributed by atoms with Crippen LogP contribution < -0.4 is 4.72 Å². The van der Waals surface area contributed by atoms with E-state index >= 15 is 0 Å². The number of aromatic amines is 2. The minimum atomic E-state index is -3.44. The molecule has 1 saturated heterocycles. The number of nitrogens with zero attached hydrogens (tertiary/aromatic N) is 6. The van der Waals surface area contributed by atoms with E-state index in [-0.39, 0.29) is 6.54 Å². The molecule has 0 aliphatic carbocycles. The highest BCUT2D eigenvalue weighted by molar-refractivity contribution is 7.88. The van der Waals surface area contributed by atoms with Gasteiger partial charge in [-0.15, -0.1) is 0 Å². The number of H-pyrrole nitrogens is 2. The van der Waals surface area contributed by atoms with Gasteiger partial charge in [-0.05, 0) is 79.5 Å². The van der Waals surface area contributed by atoms with Gasteiger partial charge in [0.2, 0.25) is 10.0 Å². The Labute approximate surface area is 246 Å². The molecule has 0 bridgehead atoms. The average Bonchev–Trinajstić information content (AvgIpc) is 3.75. The van der Waals surface area contributed by atoms with Gasteiger partial charge in [0, 0.05) is 42.8 Å². The monoisotopic (exact) mass is 597 g/mol. The summed E-state index contributed by atoms with van der Waals surface area (Å²) in [5.41, 5.74) is 7.40. The number of halogens is 1. The van der Waals surface area contributed by atoms with Crippen molar-refractivity contribution in [2.75, 3.05) is 19.3 Å². The van der Waals surface area contributed by atoms with Gasteiger partial charge < -0.3 is 4.98 Å². The summed E-state index contributed by atoms with van der Waals surface area (Å²) < 4.78 is 40.1. The number of hydrogen-bond acceptors (Lipinski definition) is 8. The number of aromatic nitrogens is 7. The molecule has 6 aromatic rings. The molecular weight excluding hydrogens is 569 g/mol. The molecule has 0 amide bonds. The fourth-order valence-electron chi connectivity index (χ4n) is 5.50. The Morgan fingerprint density at radius 3 is 2.58 bits per heavy atom. The molecule has 6 heterocycles. The van der Waals surface area contributed by atoms with Gasteiger partial charge in [-0.1, -0.05) is 0 Å². The zero-order valence-electron chi connectivity index (χ0n) is 23.3. The van der Waals surface area contributed by atoms with Gasteiger partial charge >= 0.3 is 0 Å². The van der Waals surface area contributed by atoms with Gasteiger partial charge in [0.05, 0.1) is 28.7 Å². The highest BCUT2D eigenvalue weighted by Gasteiger charge is 2.19. The summed E-state index contributed by atoms with van der Waals surface area (Å²) in [5.74, 6) is -0.0252. The molecule has 5 aromatic heterocycles. The Morgan fingerprint density at radius 1 is 0.930 bits per heavy atom. The van der Waals surface area contributed by atoms with Crippen molar-refractivity contribution in [1.82, 2.24) is 44.7 Å². The first kappa shape index (κ1) is 27.3. The van der Waals surface area contributed by atoms with E-state index in [0.717, 1.165) is 48.2 Å². The van der Waals surface area contributed by atoms with Gasteiger partial charge in [0.25, 0.3) is 0 Å². The maximum absolute atomic E-state index is 14.6. The Balaban J connectivity index is 1.24. The second-order valence-electron chi connectivity index (χ2n) is 10.8. The zero-order valence-corrected chi connectivity index (χ0v) is 24.1. The molecule has 0 saturated carbocycles. The second kappa shape index (κ2) is 10.9. The van der Waals surface area contributed by atoms with Gasteiger partial charge in [0.1, 0.15) is 16.9 Å². The molecule has 13 heteroatoms. The first-order valence-electron chi connectivity index (χ1n) is 13.9. The lowest BCUT2D eigenvalue weighted by molar-refractivity contribution is 0.331. The molecule has 43 heavy (non-hydrogen) atoms. The van der Waals surface area contributed by atoms with Crippen LogP contribution in [0.15, 0.2) is 61.1 Å². The molecule has 1 aliphatic rings. The summed E-state index contributed by atoms with van der Waals surface area (Å²) in [6.07, 6.45) is 8.87. The molecule has 0 atom stereocenters. The molecule has 0 spiro atoms. The summed E-state index contributed by atoms with van der Waals surface area (Å²) in [5, 5.41) is 7.55. The minimum absolute atomic E-state index is 0.0463. The van der Waals surface area contributed by atoms with Crippen molar-refractivity contribution in [3.8, 4) is 34.0 Å². The minimum Gasteiger partial charge on any atom is -0.336 e. The quantitative estimate of drug-likeness (QED) is 0.234. The average molecular weight is 598 g/mol. The molecule has 0 unspecified atom stereocenters. The van der Waals surface area contributed by atoms with Crippen molar-refractivity contribution in [2.45, 2.75) is 25.9 Å². The van der Waals surface area contributed by atoms with E-state index in [2.05, 4.69) is 40.8 Å². The topological polar surface area (TPSA) is 145 Å². The van der Waals surface area contributed by atoms with Crippen molar-refractivity contribution in [2.24, 2.45) is 0 Å². The molecule has 3 N–H and O–H groups in total. The van der Waals surface area contributed by atoms with Crippen LogP contribution in [0.3, 0.4) is 0 Å². The van der Waals surface area contributed by atoms with Crippen molar-refractivity contribution in [3.05, 3.63) is 78.0 Å². The van der Waals surface area contributed by atoms with Crippen LogP contribution in [0.4, 0.5) is 4.39 Å². The molecule has 11 nitrogen and oxygen atoms in total. The van der Waals surface area contributed by atoms with E-state index in [1.54, 1.807) is 18.3 Å². The predicted molar refractivity (Wildman–Crippen MR) is 162 cm³/mol. The Kier molecular flexibility index (Phi) is 6.92. The number of sulfonamides is 1. The van der Waals surface area contributed by atoms with Crippen LogP contribution in [-0.4, -0.2) is 67.8 Å². The fraction of sp³-hybridized carbons (Fsp3) is 0.233. The molecular formula is C30H28FN9O2S. The number of hydrogen-bond donors (Lipinski definition) is 3. The van der Waals surface area contributed by atoms with Crippen molar-refractivity contribution in [3.63, 3.8) is 0 Å². The van der Waals surface area contributed by atoms with E-state index in [1.165, 1.54) is 25.0 Å². The summed E-state index contributed by atoms with van der Waals surface area (Å²) in [4.78, 5) is 24.5. The van der Waals surface area contributed by atoms with E-state index in [0.29, 0.717) is 44.9 Å². The van der Waals surface area contributed by atoms with E-state index < -0.39 is 15.8 Å². The lowest BCUT2D eigenvalue weighted by Crippen LogP contribution is -2.21. The van der Waals surface area contributed by atoms with Crippen LogP contribution in [0.1, 0.15) is 24.0 Å². The summed E-state index contributed by atoms with van der Waals surface area (Å²) in [6.45, 7) is 3.05. The van der Waals surface area contributed by atoms with E-state index in [9.17, 15) is 12.8 Å². The number of imidazole rings is 1. The predicted octanol–water partition coefficient (Wildman–Crippen LogP) is 4.41. The number of likely N-dealkylation sites (tertiary alicyclic amines) is 1. The maximum Gasteiger partial charge on any atom is 0.209 e. The van der Waals surface area contributed by atoms with E-state index in [1.807, 2.05) is 24.5 Å². The van der Waals surface area contributed by atoms with Crippen molar-refractivity contribution >= 4 is 32.1 Å². The van der Waals surface area contributed by atoms with Crippen LogP contribution in [0.2, 0.25) is 0 Å². The van der Waals surface area contributed by atoms with Crippen molar-refractivity contribution < 1.29 is 12.8 Å². The Morgan fingerprint density at radius 2 is 1.74 bits per heavy atom. The zero-order chi connectivity index (χ0) is 29.6. The fourth-order valence-corrected chi connectivity index (χ4v) is 5.93. The second-order valence-corrected chi connectivity index (χ2v) is 12.6. The Hall–Kier alpha value is -4.59. The highest BCUT2D eigenvalue weighted by atomic mass is 32.2. The molecule has 1 aliphatic heterocycles. The molecule has 1 fully saturated rings. The first-order chi connectivity index (χ1) is 20.8. The summed E-state index contributed by atoms with van der Waals surface area (Å²) in [6, 6.07) is 12.1. The van der Waals surface area contributed by atoms with Crippen LogP contribution >= 0.6 is 0 Å². The third-order valence-electron chi connectivity index (χ3n) is 7.50. The first-order valence-corrected chi connectivity index (χ1v) is 15.8. The highest BCUT2D eigenvalue weighted by Crippen LogP contribution is 2.31. The smallest absolute Gasteiger partial charge is 0.209 e. The van der Waals surface area contributed by atoms with Crippen LogP contribution in [0.25, 0.3) is 56.1 Å². The van der Waals surface area contributed by atoms with Crippen LogP contribution in [0.5, 0.6) is 0 Å². The summed E-state index contributed by atoms with van der Waals surface area (Å²) in [7, 11) is -3.44. The van der Waals surface area contributed by atoms with Gasteiger partial charge in [0.15, 0.2) is 11.5 Å². The molecule has 1 aromatic carbocycles.